The molecular formula is C20H19FN2O3. The van der Waals surface area contributed by atoms with Crippen molar-refractivity contribution in [3.63, 3.8) is 0 Å². The molecule has 2 aromatic rings. The van der Waals surface area contributed by atoms with Crippen LogP contribution in [0.3, 0.4) is 0 Å². The molecule has 2 aromatic carbocycles. The van der Waals surface area contributed by atoms with Gasteiger partial charge >= 0.3 is 6.09 Å². The molecule has 0 aromatic heterocycles. The van der Waals surface area contributed by atoms with E-state index < -0.39 is 6.09 Å². The average Bonchev–Trinajstić information content (AvgIpc) is 3.04. The van der Waals surface area contributed by atoms with Gasteiger partial charge in [-0.3, -0.25) is 4.79 Å². The standard InChI is InChI=1S/C20H19FN2O3/c1-15-12-22(19(24)11-16-7-9-18(21)10-8-16)23(13-15)20(25)26-14-17-5-3-2-4-6-17/h2-10H,1,11-14H2. The second-order valence-electron chi connectivity index (χ2n) is 6.10. The predicted molar refractivity (Wildman–Crippen MR) is 94.3 cm³/mol. The summed E-state index contributed by atoms with van der Waals surface area (Å²) in [6.45, 7) is 4.49. The van der Waals surface area contributed by atoms with E-state index in [2.05, 4.69) is 6.58 Å². The maximum Gasteiger partial charge on any atom is 0.429 e. The third kappa shape index (κ3) is 4.27. The van der Waals surface area contributed by atoms with E-state index in [9.17, 15) is 14.0 Å². The van der Waals surface area contributed by atoms with E-state index in [0.29, 0.717) is 5.56 Å². The first-order valence-corrected chi connectivity index (χ1v) is 8.22. The molecule has 0 saturated carbocycles. The van der Waals surface area contributed by atoms with E-state index >= 15 is 0 Å². The number of benzene rings is 2. The predicted octanol–water partition coefficient (Wildman–Crippen LogP) is 3.32. The highest BCUT2D eigenvalue weighted by atomic mass is 19.1. The summed E-state index contributed by atoms with van der Waals surface area (Å²) < 4.78 is 18.3. The zero-order valence-corrected chi connectivity index (χ0v) is 14.2. The number of halogens is 1. The SMILES string of the molecule is C=C1CN(C(=O)Cc2ccc(F)cc2)N(C(=O)OCc2ccccc2)C1. The molecule has 1 aliphatic rings. The largest absolute Gasteiger partial charge is 0.443 e. The molecule has 0 aliphatic carbocycles. The third-order valence-corrected chi connectivity index (χ3v) is 4.01. The van der Waals surface area contributed by atoms with E-state index in [0.717, 1.165) is 11.1 Å². The first kappa shape index (κ1) is 17.7. The summed E-state index contributed by atoms with van der Waals surface area (Å²) in [7, 11) is 0. The van der Waals surface area contributed by atoms with Crippen LogP contribution in [0.5, 0.6) is 0 Å². The topological polar surface area (TPSA) is 49.9 Å². The Hall–Kier alpha value is -3.15. The molecule has 0 N–H and O–H groups in total. The molecule has 1 fully saturated rings. The number of amides is 2. The number of hydrazine groups is 1. The lowest BCUT2D eigenvalue weighted by atomic mass is 10.1. The van der Waals surface area contributed by atoms with Gasteiger partial charge in [0, 0.05) is 0 Å². The highest BCUT2D eigenvalue weighted by Crippen LogP contribution is 2.18. The Morgan fingerprint density at radius 2 is 1.62 bits per heavy atom. The zero-order valence-electron chi connectivity index (χ0n) is 14.2. The molecule has 0 bridgehead atoms. The molecule has 1 heterocycles. The number of carbonyl (C=O) groups is 2. The van der Waals surface area contributed by atoms with Crippen LogP contribution >= 0.6 is 0 Å². The van der Waals surface area contributed by atoms with Gasteiger partial charge in [-0.15, -0.1) is 0 Å². The van der Waals surface area contributed by atoms with Crippen LogP contribution in [-0.2, 0) is 22.6 Å². The molecule has 134 valence electrons. The van der Waals surface area contributed by atoms with Gasteiger partial charge in [-0.2, -0.15) is 0 Å². The van der Waals surface area contributed by atoms with Gasteiger partial charge in [-0.1, -0.05) is 49.0 Å². The first-order chi connectivity index (χ1) is 12.5. The molecular weight excluding hydrogens is 335 g/mol. The monoisotopic (exact) mass is 354 g/mol. The number of rotatable bonds is 4. The van der Waals surface area contributed by atoms with E-state index in [1.165, 1.54) is 22.2 Å². The fourth-order valence-electron chi connectivity index (χ4n) is 2.69. The van der Waals surface area contributed by atoms with Crippen LogP contribution in [0.25, 0.3) is 0 Å². The third-order valence-electron chi connectivity index (χ3n) is 4.01. The van der Waals surface area contributed by atoms with Crippen molar-refractivity contribution >= 4 is 12.0 Å². The number of hydrogen-bond donors (Lipinski definition) is 0. The normalized spacial score (nSPS) is 13.8. The van der Waals surface area contributed by atoms with E-state index in [1.54, 1.807) is 12.1 Å². The van der Waals surface area contributed by atoms with E-state index in [4.69, 9.17) is 4.74 Å². The fraction of sp³-hybridized carbons (Fsp3) is 0.200. The molecule has 0 radical (unpaired) electrons. The quantitative estimate of drug-likeness (QED) is 0.792. The first-order valence-electron chi connectivity index (χ1n) is 8.22. The summed E-state index contributed by atoms with van der Waals surface area (Å²) in [5.41, 5.74) is 2.28. The Labute approximate surface area is 151 Å². The van der Waals surface area contributed by atoms with Crippen molar-refractivity contribution in [1.82, 2.24) is 10.0 Å². The Morgan fingerprint density at radius 1 is 0.962 bits per heavy atom. The Kier molecular flexibility index (Phi) is 5.31. The number of nitrogens with zero attached hydrogens (tertiary/aromatic N) is 2. The number of hydrogen-bond acceptors (Lipinski definition) is 3. The van der Waals surface area contributed by atoms with Gasteiger partial charge in [-0.25, -0.2) is 19.2 Å². The van der Waals surface area contributed by atoms with Crippen molar-refractivity contribution < 1.29 is 18.7 Å². The number of carbonyl (C=O) groups excluding carboxylic acids is 2. The molecule has 26 heavy (non-hydrogen) atoms. The van der Waals surface area contributed by atoms with Gasteiger partial charge in [0.15, 0.2) is 0 Å². The lowest BCUT2D eigenvalue weighted by molar-refractivity contribution is -0.141. The van der Waals surface area contributed by atoms with Crippen LogP contribution in [0.15, 0.2) is 66.7 Å². The summed E-state index contributed by atoms with van der Waals surface area (Å²) in [4.78, 5) is 25.0. The van der Waals surface area contributed by atoms with Crippen LogP contribution in [-0.4, -0.2) is 35.1 Å². The van der Waals surface area contributed by atoms with Gasteiger partial charge in [0.25, 0.3) is 0 Å². The lowest BCUT2D eigenvalue weighted by Gasteiger charge is -2.26. The van der Waals surface area contributed by atoms with Crippen molar-refractivity contribution in [3.8, 4) is 0 Å². The van der Waals surface area contributed by atoms with Crippen LogP contribution in [0, 0.1) is 5.82 Å². The summed E-state index contributed by atoms with van der Waals surface area (Å²) >= 11 is 0. The lowest BCUT2D eigenvalue weighted by Crippen LogP contribution is -2.45. The van der Waals surface area contributed by atoms with Crippen molar-refractivity contribution in [1.29, 1.82) is 0 Å². The second-order valence-corrected chi connectivity index (χ2v) is 6.10. The Bertz CT molecular complexity index is 806. The zero-order chi connectivity index (χ0) is 18.5. The van der Waals surface area contributed by atoms with Gasteiger partial charge in [0.1, 0.15) is 12.4 Å². The Morgan fingerprint density at radius 3 is 2.31 bits per heavy atom. The molecule has 0 spiro atoms. The summed E-state index contributed by atoms with van der Waals surface area (Å²) in [5.74, 6) is -0.631. The van der Waals surface area contributed by atoms with Crippen molar-refractivity contribution in [2.75, 3.05) is 13.1 Å². The van der Waals surface area contributed by atoms with Gasteiger partial charge in [-0.05, 0) is 28.8 Å². The average molecular weight is 354 g/mol. The minimum absolute atomic E-state index is 0.0655. The summed E-state index contributed by atoms with van der Waals surface area (Å²) in [5, 5.41) is 2.59. The Balaban J connectivity index is 1.63. The van der Waals surface area contributed by atoms with Crippen molar-refractivity contribution in [3.05, 3.63) is 83.7 Å². The number of ether oxygens (including phenoxy) is 1. The summed E-state index contributed by atoms with van der Waals surface area (Å²) in [6, 6.07) is 15.0. The maximum absolute atomic E-state index is 13.0. The molecule has 1 saturated heterocycles. The van der Waals surface area contributed by atoms with Gasteiger partial charge < -0.3 is 4.74 Å². The highest BCUT2D eigenvalue weighted by molar-refractivity contribution is 5.82. The molecule has 5 nitrogen and oxygen atoms in total. The van der Waals surface area contributed by atoms with Gasteiger partial charge in [0.05, 0.1) is 19.5 Å². The highest BCUT2D eigenvalue weighted by Gasteiger charge is 2.33. The van der Waals surface area contributed by atoms with Crippen LogP contribution in [0.2, 0.25) is 0 Å². The van der Waals surface area contributed by atoms with Gasteiger partial charge in [0.2, 0.25) is 5.91 Å². The smallest absolute Gasteiger partial charge is 0.429 e. The van der Waals surface area contributed by atoms with Crippen molar-refractivity contribution in [2.24, 2.45) is 0 Å². The van der Waals surface area contributed by atoms with Crippen LogP contribution in [0.4, 0.5) is 9.18 Å². The molecule has 0 atom stereocenters. The summed E-state index contributed by atoms with van der Waals surface area (Å²) in [6.07, 6.45) is -0.532. The molecule has 6 heteroatoms. The second kappa shape index (κ2) is 7.82. The van der Waals surface area contributed by atoms with E-state index in [-0.39, 0.29) is 37.8 Å². The maximum atomic E-state index is 13.0. The van der Waals surface area contributed by atoms with Crippen molar-refractivity contribution in [2.45, 2.75) is 13.0 Å². The minimum Gasteiger partial charge on any atom is -0.443 e. The molecule has 2 amide bonds. The van der Waals surface area contributed by atoms with E-state index in [1.807, 2.05) is 30.3 Å². The molecule has 3 rings (SSSR count). The van der Waals surface area contributed by atoms with Crippen LogP contribution < -0.4 is 0 Å². The fourth-order valence-corrected chi connectivity index (χ4v) is 2.69. The molecule has 0 unspecified atom stereocenters. The van der Waals surface area contributed by atoms with Crippen LogP contribution in [0.1, 0.15) is 11.1 Å². The minimum atomic E-state index is -0.597. The molecule has 1 aliphatic heterocycles.